The zero-order valence-corrected chi connectivity index (χ0v) is 11.6. The molecular weight excluding hydrogens is 291 g/mol. The van der Waals surface area contributed by atoms with Gasteiger partial charge in [-0.15, -0.1) is 0 Å². The molecule has 0 atom stereocenters. The average molecular weight is 308 g/mol. The lowest BCUT2D eigenvalue weighted by Crippen LogP contribution is -2.43. The van der Waals surface area contributed by atoms with Crippen LogP contribution in [-0.4, -0.2) is 37.3 Å². The van der Waals surface area contributed by atoms with Gasteiger partial charge in [-0.2, -0.15) is 22.0 Å². The summed E-state index contributed by atoms with van der Waals surface area (Å²) in [6, 6.07) is 3.59. The molecule has 0 spiro atoms. The van der Waals surface area contributed by atoms with Crippen molar-refractivity contribution in [2.75, 3.05) is 26.2 Å². The van der Waals surface area contributed by atoms with Crippen LogP contribution >= 0.6 is 0 Å². The summed E-state index contributed by atoms with van der Waals surface area (Å²) in [4.78, 5) is 1.88. The van der Waals surface area contributed by atoms with Gasteiger partial charge in [0.2, 0.25) is 0 Å². The van der Waals surface area contributed by atoms with E-state index in [4.69, 9.17) is 0 Å². The molecule has 1 aliphatic heterocycles. The number of piperazine rings is 1. The van der Waals surface area contributed by atoms with Gasteiger partial charge in [0.05, 0.1) is 0 Å². The molecule has 1 aliphatic rings. The molecule has 0 bridgehead atoms. The molecule has 1 heterocycles. The number of benzene rings is 1. The fourth-order valence-electron chi connectivity index (χ4n) is 2.42. The number of hydrogen-bond donors (Lipinski definition) is 1. The van der Waals surface area contributed by atoms with E-state index in [9.17, 15) is 22.0 Å². The van der Waals surface area contributed by atoms with Crippen molar-refractivity contribution in [1.29, 1.82) is 0 Å². The lowest BCUT2D eigenvalue weighted by molar-refractivity contribution is -0.289. The average Bonchev–Trinajstić information content (AvgIpc) is 2.38. The van der Waals surface area contributed by atoms with E-state index < -0.39 is 17.7 Å². The summed E-state index contributed by atoms with van der Waals surface area (Å²) in [6.45, 7) is 4.45. The topological polar surface area (TPSA) is 15.3 Å². The van der Waals surface area contributed by atoms with Crippen LogP contribution in [0.3, 0.4) is 0 Å². The van der Waals surface area contributed by atoms with Crippen molar-refractivity contribution in [3.63, 3.8) is 0 Å². The molecule has 1 aromatic carbocycles. The smallest absolute Gasteiger partial charge is 0.314 e. The highest BCUT2D eigenvalue weighted by Gasteiger charge is 2.59. The second-order valence-corrected chi connectivity index (χ2v) is 5.26. The molecule has 0 saturated carbocycles. The van der Waals surface area contributed by atoms with Crippen LogP contribution in [0.15, 0.2) is 18.2 Å². The van der Waals surface area contributed by atoms with Crippen molar-refractivity contribution in [3.8, 4) is 0 Å². The number of halogens is 5. The largest absolute Gasteiger partial charge is 0.458 e. The van der Waals surface area contributed by atoms with Gasteiger partial charge in [-0.05, 0) is 12.5 Å². The Morgan fingerprint density at radius 1 is 1.10 bits per heavy atom. The second kappa shape index (κ2) is 5.88. The van der Waals surface area contributed by atoms with E-state index in [1.807, 2.05) is 4.90 Å². The summed E-state index contributed by atoms with van der Waals surface area (Å²) in [5.74, 6) is -4.83. The van der Waals surface area contributed by atoms with Crippen LogP contribution in [0.4, 0.5) is 22.0 Å². The van der Waals surface area contributed by atoms with Crippen LogP contribution in [0, 0.1) is 6.92 Å². The Labute approximate surface area is 119 Å². The Morgan fingerprint density at radius 2 is 1.71 bits per heavy atom. The molecule has 0 aromatic heterocycles. The standard InChI is InChI=1S/C14H17F5N2/c1-10-2-3-12(13(15,16)14(17,18)19)11(8-10)9-21-6-4-20-5-7-21/h2-3,8,20H,4-7,9H2,1H3. The molecule has 2 rings (SSSR count). The van der Waals surface area contributed by atoms with Crippen LogP contribution in [0.2, 0.25) is 0 Å². The molecular formula is C14H17F5N2. The van der Waals surface area contributed by atoms with Crippen molar-refractivity contribution in [2.24, 2.45) is 0 Å². The third-order valence-corrected chi connectivity index (χ3v) is 3.56. The maximum Gasteiger partial charge on any atom is 0.458 e. The molecule has 0 unspecified atom stereocenters. The fourth-order valence-corrected chi connectivity index (χ4v) is 2.42. The van der Waals surface area contributed by atoms with Crippen molar-refractivity contribution in [2.45, 2.75) is 25.6 Å². The molecule has 2 nitrogen and oxygen atoms in total. The second-order valence-electron chi connectivity index (χ2n) is 5.26. The Bertz CT molecular complexity index is 493. The summed E-state index contributed by atoms with van der Waals surface area (Å²) < 4.78 is 65.1. The lowest BCUT2D eigenvalue weighted by Gasteiger charge is -2.29. The highest BCUT2D eigenvalue weighted by atomic mass is 19.4. The minimum atomic E-state index is -5.58. The molecule has 0 aliphatic carbocycles. The summed E-state index contributed by atoms with van der Waals surface area (Å²) in [5.41, 5.74) is -0.236. The monoisotopic (exact) mass is 308 g/mol. The summed E-state index contributed by atoms with van der Waals surface area (Å²) in [7, 11) is 0. The third-order valence-electron chi connectivity index (χ3n) is 3.56. The first kappa shape index (κ1) is 16.2. The van der Waals surface area contributed by atoms with Gasteiger partial charge in [-0.1, -0.05) is 23.8 Å². The van der Waals surface area contributed by atoms with Crippen molar-refractivity contribution >= 4 is 0 Å². The van der Waals surface area contributed by atoms with Crippen molar-refractivity contribution in [3.05, 3.63) is 34.9 Å². The predicted molar refractivity (Wildman–Crippen MR) is 69.3 cm³/mol. The molecule has 118 valence electrons. The number of rotatable bonds is 3. The summed E-state index contributed by atoms with van der Waals surface area (Å²) in [5, 5.41) is 3.11. The molecule has 1 saturated heterocycles. The summed E-state index contributed by atoms with van der Waals surface area (Å²) in [6.07, 6.45) is -5.58. The van der Waals surface area contributed by atoms with E-state index in [2.05, 4.69) is 5.32 Å². The maximum absolute atomic E-state index is 13.7. The highest BCUT2D eigenvalue weighted by molar-refractivity contribution is 5.35. The zero-order chi connectivity index (χ0) is 15.7. The normalized spacial score (nSPS) is 18.0. The van der Waals surface area contributed by atoms with Crippen LogP contribution < -0.4 is 5.32 Å². The molecule has 0 amide bonds. The minimum absolute atomic E-state index is 0.0409. The Balaban J connectivity index is 2.33. The molecule has 7 heteroatoms. The third kappa shape index (κ3) is 3.52. The number of nitrogens with one attached hydrogen (secondary N) is 1. The van der Waals surface area contributed by atoms with Gasteiger partial charge in [0.15, 0.2) is 0 Å². The SMILES string of the molecule is Cc1ccc(C(F)(F)C(F)(F)F)c(CN2CCNCC2)c1. The van der Waals surface area contributed by atoms with Gasteiger partial charge in [-0.3, -0.25) is 4.90 Å². The Kier molecular flexibility index (Phi) is 4.53. The van der Waals surface area contributed by atoms with Crippen LogP contribution in [0.5, 0.6) is 0 Å². The lowest BCUT2D eigenvalue weighted by atomic mass is 9.98. The van der Waals surface area contributed by atoms with Crippen LogP contribution in [-0.2, 0) is 12.5 Å². The van der Waals surface area contributed by atoms with Gasteiger partial charge in [0, 0.05) is 38.3 Å². The zero-order valence-electron chi connectivity index (χ0n) is 11.6. The number of alkyl halides is 5. The predicted octanol–water partition coefficient (Wildman–Crippen LogP) is 3.05. The molecule has 1 fully saturated rings. The van der Waals surface area contributed by atoms with E-state index in [-0.39, 0.29) is 12.1 Å². The number of aryl methyl sites for hydroxylation is 1. The first-order chi connectivity index (χ1) is 9.72. The molecule has 1 N–H and O–H groups in total. The van der Waals surface area contributed by atoms with E-state index in [1.165, 1.54) is 12.1 Å². The van der Waals surface area contributed by atoms with Crippen molar-refractivity contribution < 1.29 is 22.0 Å². The summed E-state index contributed by atoms with van der Waals surface area (Å²) >= 11 is 0. The van der Waals surface area contributed by atoms with E-state index in [0.29, 0.717) is 31.7 Å². The van der Waals surface area contributed by atoms with Gasteiger partial charge >= 0.3 is 12.1 Å². The number of nitrogens with zero attached hydrogens (tertiary/aromatic N) is 1. The Morgan fingerprint density at radius 3 is 2.29 bits per heavy atom. The van der Waals surface area contributed by atoms with Crippen molar-refractivity contribution in [1.82, 2.24) is 10.2 Å². The van der Waals surface area contributed by atoms with Gasteiger partial charge in [0.1, 0.15) is 0 Å². The molecule has 21 heavy (non-hydrogen) atoms. The fraction of sp³-hybridized carbons (Fsp3) is 0.571. The van der Waals surface area contributed by atoms with E-state index in [1.54, 1.807) is 6.92 Å². The van der Waals surface area contributed by atoms with E-state index in [0.717, 1.165) is 6.07 Å². The Hall–Kier alpha value is -1.21. The van der Waals surface area contributed by atoms with Gasteiger partial charge < -0.3 is 5.32 Å². The molecule has 0 radical (unpaired) electrons. The maximum atomic E-state index is 13.7. The van der Waals surface area contributed by atoms with Gasteiger partial charge in [0.25, 0.3) is 0 Å². The first-order valence-electron chi connectivity index (χ1n) is 6.69. The molecule has 1 aromatic rings. The quantitative estimate of drug-likeness (QED) is 0.864. The number of hydrogen-bond acceptors (Lipinski definition) is 2. The highest BCUT2D eigenvalue weighted by Crippen LogP contribution is 2.45. The van der Waals surface area contributed by atoms with Crippen LogP contribution in [0.25, 0.3) is 0 Å². The van der Waals surface area contributed by atoms with E-state index >= 15 is 0 Å². The van der Waals surface area contributed by atoms with Gasteiger partial charge in [-0.25, -0.2) is 0 Å². The minimum Gasteiger partial charge on any atom is -0.314 e. The first-order valence-corrected chi connectivity index (χ1v) is 6.69. The van der Waals surface area contributed by atoms with Crippen LogP contribution in [0.1, 0.15) is 16.7 Å².